The van der Waals surface area contributed by atoms with Gasteiger partial charge in [-0.05, 0) is 49.6 Å². The summed E-state index contributed by atoms with van der Waals surface area (Å²) >= 11 is 0. The molecule has 11 nitrogen and oxygen atoms in total. The van der Waals surface area contributed by atoms with E-state index in [0.29, 0.717) is 18.7 Å². The highest BCUT2D eigenvalue weighted by molar-refractivity contribution is 7.92. The lowest BCUT2D eigenvalue weighted by Crippen LogP contribution is -2.38. The SMILES string of the molecule is Cc1ccc([N+](=O)[O-])cc1N(CC(=O)Nc1ccc(S(=O)(=O)N2CCCCCC2)cc1)S(C)(=O)=O. The normalized spacial score (nSPS) is 15.3. The fraction of sp³-hybridized carbons (Fsp3) is 0.409. The molecular weight excluding hydrogens is 496 g/mol. The molecular formula is C22H28N4O7S2. The van der Waals surface area contributed by atoms with Crippen LogP contribution in [0.4, 0.5) is 17.1 Å². The molecule has 1 aliphatic rings. The second-order valence-electron chi connectivity index (χ2n) is 8.39. The quantitative estimate of drug-likeness (QED) is 0.412. The minimum absolute atomic E-state index is 0.0238. The van der Waals surface area contributed by atoms with E-state index in [-0.39, 0.29) is 22.0 Å². The van der Waals surface area contributed by atoms with Crippen LogP contribution < -0.4 is 9.62 Å². The van der Waals surface area contributed by atoms with Crippen molar-refractivity contribution in [2.45, 2.75) is 37.5 Å². The number of non-ortho nitro benzene ring substituents is 1. The predicted molar refractivity (Wildman–Crippen MR) is 132 cm³/mol. The molecule has 0 aromatic heterocycles. The number of hydrogen-bond donors (Lipinski definition) is 1. The molecule has 2 aromatic rings. The number of rotatable bonds is 8. The fourth-order valence-electron chi connectivity index (χ4n) is 3.83. The molecule has 1 saturated heterocycles. The second kappa shape index (κ2) is 10.7. The van der Waals surface area contributed by atoms with Gasteiger partial charge in [-0.2, -0.15) is 4.31 Å². The fourth-order valence-corrected chi connectivity index (χ4v) is 6.26. The van der Waals surface area contributed by atoms with Gasteiger partial charge in [0.05, 0.1) is 21.8 Å². The zero-order chi connectivity index (χ0) is 25.8. The number of nitrogens with one attached hydrogen (secondary N) is 1. The number of hydrogen-bond acceptors (Lipinski definition) is 7. The highest BCUT2D eigenvalue weighted by atomic mass is 32.2. The Morgan fingerprint density at radius 1 is 1.03 bits per heavy atom. The van der Waals surface area contributed by atoms with Gasteiger partial charge >= 0.3 is 0 Å². The number of nitro groups is 1. The molecule has 0 atom stereocenters. The molecule has 0 unspecified atom stereocenters. The van der Waals surface area contributed by atoms with Crippen LogP contribution in [0.3, 0.4) is 0 Å². The molecule has 1 amide bonds. The van der Waals surface area contributed by atoms with Gasteiger partial charge in [-0.15, -0.1) is 0 Å². The first kappa shape index (κ1) is 26.6. The Hall–Kier alpha value is -3.03. The lowest BCUT2D eigenvalue weighted by Gasteiger charge is -2.23. The van der Waals surface area contributed by atoms with E-state index in [1.807, 2.05) is 0 Å². The van der Waals surface area contributed by atoms with E-state index in [9.17, 15) is 31.7 Å². The minimum atomic E-state index is -3.95. The van der Waals surface area contributed by atoms with Crippen molar-refractivity contribution < 1.29 is 26.6 Å². The molecule has 35 heavy (non-hydrogen) atoms. The summed E-state index contributed by atoms with van der Waals surface area (Å²) in [4.78, 5) is 23.3. The van der Waals surface area contributed by atoms with Crippen molar-refractivity contribution >= 4 is 43.0 Å². The number of nitro benzene ring substituents is 1. The summed E-state index contributed by atoms with van der Waals surface area (Å²) in [7, 11) is -7.59. The van der Waals surface area contributed by atoms with Gasteiger partial charge in [0, 0.05) is 30.9 Å². The van der Waals surface area contributed by atoms with Gasteiger partial charge in [-0.1, -0.05) is 18.9 Å². The number of amides is 1. The first-order chi connectivity index (χ1) is 16.4. The first-order valence-corrected chi connectivity index (χ1v) is 14.3. The molecule has 2 aromatic carbocycles. The van der Waals surface area contributed by atoms with Crippen molar-refractivity contribution in [3.63, 3.8) is 0 Å². The third-order valence-corrected chi connectivity index (χ3v) is 8.74. The largest absolute Gasteiger partial charge is 0.325 e. The summed E-state index contributed by atoms with van der Waals surface area (Å²) in [6, 6.07) is 9.43. The summed E-state index contributed by atoms with van der Waals surface area (Å²) in [5.74, 6) is -0.690. The lowest BCUT2D eigenvalue weighted by atomic mass is 10.2. The van der Waals surface area contributed by atoms with Gasteiger partial charge in [0.25, 0.3) is 5.69 Å². The van der Waals surface area contributed by atoms with Crippen molar-refractivity contribution in [1.29, 1.82) is 0 Å². The highest BCUT2D eigenvalue weighted by Gasteiger charge is 2.26. The van der Waals surface area contributed by atoms with Gasteiger partial charge in [-0.25, -0.2) is 16.8 Å². The van der Waals surface area contributed by atoms with Crippen molar-refractivity contribution in [2.24, 2.45) is 0 Å². The van der Waals surface area contributed by atoms with Gasteiger partial charge in [-0.3, -0.25) is 19.2 Å². The average molecular weight is 525 g/mol. The second-order valence-corrected chi connectivity index (χ2v) is 12.2. The third kappa shape index (κ3) is 6.55. The molecule has 0 spiro atoms. The maximum Gasteiger partial charge on any atom is 0.271 e. The number of carbonyl (C=O) groups is 1. The smallest absolute Gasteiger partial charge is 0.271 e. The van der Waals surface area contributed by atoms with Crippen LogP contribution in [0.25, 0.3) is 0 Å². The summed E-state index contributed by atoms with van der Waals surface area (Å²) in [6.45, 7) is 1.91. The molecule has 1 aliphatic heterocycles. The number of carbonyl (C=O) groups excluding carboxylic acids is 1. The molecule has 1 N–H and O–H groups in total. The van der Waals surface area contributed by atoms with Gasteiger partial charge < -0.3 is 5.32 Å². The Bertz CT molecular complexity index is 1300. The Labute approximate surface area is 205 Å². The Balaban J connectivity index is 1.76. The Kier molecular flexibility index (Phi) is 8.13. The van der Waals surface area contributed by atoms with Crippen molar-refractivity contribution in [3.8, 4) is 0 Å². The van der Waals surface area contributed by atoms with Crippen LogP contribution in [0.5, 0.6) is 0 Å². The zero-order valence-corrected chi connectivity index (χ0v) is 21.1. The van der Waals surface area contributed by atoms with E-state index in [1.165, 1.54) is 40.7 Å². The van der Waals surface area contributed by atoms with E-state index in [4.69, 9.17) is 0 Å². The summed E-state index contributed by atoms with van der Waals surface area (Å²) in [5.41, 5.74) is 0.447. The number of benzene rings is 2. The Morgan fingerprint density at radius 3 is 2.17 bits per heavy atom. The summed E-state index contributed by atoms with van der Waals surface area (Å²) in [6.07, 6.45) is 4.53. The van der Waals surface area contributed by atoms with E-state index in [2.05, 4.69) is 5.32 Å². The number of anilines is 2. The molecule has 190 valence electrons. The topological polar surface area (TPSA) is 147 Å². The minimum Gasteiger partial charge on any atom is -0.325 e. The average Bonchev–Trinajstić information content (AvgIpc) is 3.08. The molecule has 3 rings (SSSR count). The first-order valence-electron chi connectivity index (χ1n) is 11.0. The number of aryl methyl sites for hydroxylation is 1. The van der Waals surface area contributed by atoms with Crippen LogP contribution in [-0.2, 0) is 24.8 Å². The van der Waals surface area contributed by atoms with Crippen LogP contribution in [0.2, 0.25) is 0 Å². The maximum absolute atomic E-state index is 12.9. The molecule has 0 aliphatic carbocycles. The molecule has 0 saturated carbocycles. The molecule has 1 heterocycles. The van der Waals surface area contributed by atoms with Crippen LogP contribution >= 0.6 is 0 Å². The van der Waals surface area contributed by atoms with Crippen LogP contribution in [-0.4, -0.2) is 57.9 Å². The lowest BCUT2D eigenvalue weighted by molar-refractivity contribution is -0.384. The summed E-state index contributed by atoms with van der Waals surface area (Å²) < 4.78 is 52.9. The van der Waals surface area contributed by atoms with E-state index >= 15 is 0 Å². The molecule has 1 fully saturated rings. The van der Waals surface area contributed by atoms with Gasteiger partial charge in [0.1, 0.15) is 6.54 Å². The highest BCUT2D eigenvalue weighted by Crippen LogP contribution is 2.28. The van der Waals surface area contributed by atoms with Crippen molar-refractivity contribution in [2.75, 3.05) is 35.5 Å². The number of nitrogens with zero attached hydrogens (tertiary/aromatic N) is 3. The van der Waals surface area contributed by atoms with Crippen LogP contribution in [0, 0.1) is 17.0 Å². The monoisotopic (exact) mass is 524 g/mol. The van der Waals surface area contributed by atoms with Crippen LogP contribution in [0.1, 0.15) is 31.2 Å². The van der Waals surface area contributed by atoms with Crippen molar-refractivity contribution in [1.82, 2.24) is 4.31 Å². The summed E-state index contributed by atoms with van der Waals surface area (Å²) in [5, 5.41) is 13.7. The van der Waals surface area contributed by atoms with Crippen molar-refractivity contribution in [3.05, 3.63) is 58.1 Å². The molecule has 0 radical (unpaired) electrons. The maximum atomic E-state index is 12.9. The van der Waals surface area contributed by atoms with E-state index in [0.717, 1.165) is 42.3 Å². The standard InChI is InChI=1S/C22H28N4O7S2/c1-17-7-10-19(26(28)29)15-21(17)25(34(2,30)31)16-22(27)23-18-8-11-20(12-9-18)35(32,33)24-13-5-3-4-6-14-24/h7-12,15H,3-6,13-14,16H2,1-2H3,(H,23,27). The molecule has 13 heteroatoms. The molecule has 0 bridgehead atoms. The predicted octanol–water partition coefficient (Wildman–Crippen LogP) is 2.87. The van der Waals surface area contributed by atoms with Gasteiger partial charge in [0.15, 0.2) is 0 Å². The zero-order valence-electron chi connectivity index (χ0n) is 19.5. The number of sulfonamides is 2. The Morgan fingerprint density at radius 2 is 1.63 bits per heavy atom. The van der Waals surface area contributed by atoms with Gasteiger partial charge in [0.2, 0.25) is 26.0 Å². The van der Waals surface area contributed by atoms with E-state index < -0.39 is 37.4 Å². The third-order valence-electron chi connectivity index (χ3n) is 5.70. The van der Waals surface area contributed by atoms with Crippen LogP contribution in [0.15, 0.2) is 47.4 Å². The van der Waals surface area contributed by atoms with E-state index in [1.54, 1.807) is 6.92 Å².